The summed E-state index contributed by atoms with van der Waals surface area (Å²) >= 11 is 0. The first-order valence-corrected chi connectivity index (χ1v) is 14.3. The van der Waals surface area contributed by atoms with Gasteiger partial charge in [0.25, 0.3) is 5.91 Å². The molecular formula is C34H34F3N3O3. The van der Waals surface area contributed by atoms with E-state index in [4.69, 9.17) is 4.74 Å². The molecule has 6 nitrogen and oxygen atoms in total. The van der Waals surface area contributed by atoms with Gasteiger partial charge in [0.05, 0.1) is 19.0 Å². The number of benzene rings is 2. The Bertz CT molecular complexity index is 1640. The molecule has 0 bridgehead atoms. The number of carbonyl (C=O) groups is 2. The van der Waals surface area contributed by atoms with Crippen molar-refractivity contribution in [3.05, 3.63) is 94.1 Å². The average Bonchev–Trinajstić information content (AvgIpc) is 3.00. The van der Waals surface area contributed by atoms with Crippen molar-refractivity contribution in [2.24, 2.45) is 11.8 Å². The molecule has 1 saturated carbocycles. The van der Waals surface area contributed by atoms with E-state index >= 15 is 0 Å². The van der Waals surface area contributed by atoms with Crippen LogP contribution in [0.3, 0.4) is 0 Å². The van der Waals surface area contributed by atoms with E-state index in [1.54, 1.807) is 32.4 Å². The number of hydrogen-bond donors (Lipinski definition) is 1. The molecule has 224 valence electrons. The average molecular weight is 590 g/mol. The Morgan fingerprint density at radius 2 is 1.77 bits per heavy atom. The lowest BCUT2D eigenvalue weighted by Gasteiger charge is -2.33. The lowest BCUT2D eigenvalue weighted by atomic mass is 9.78. The van der Waals surface area contributed by atoms with Gasteiger partial charge in [0, 0.05) is 46.3 Å². The number of methoxy groups -OCH3 is 1. The van der Waals surface area contributed by atoms with Crippen molar-refractivity contribution in [2.75, 3.05) is 20.2 Å². The molecule has 0 atom stereocenters. The van der Waals surface area contributed by atoms with Gasteiger partial charge in [-0.25, -0.2) is 0 Å². The summed E-state index contributed by atoms with van der Waals surface area (Å²) < 4.78 is 43.0. The third-order valence-electron chi connectivity index (χ3n) is 8.33. The number of pyridine rings is 1. The van der Waals surface area contributed by atoms with Crippen molar-refractivity contribution in [1.82, 2.24) is 15.2 Å². The fourth-order valence-electron chi connectivity index (χ4n) is 5.84. The zero-order chi connectivity index (χ0) is 30.7. The predicted molar refractivity (Wildman–Crippen MR) is 160 cm³/mol. The summed E-state index contributed by atoms with van der Waals surface area (Å²) in [6, 6.07) is 14.6. The zero-order valence-corrected chi connectivity index (χ0v) is 24.2. The van der Waals surface area contributed by atoms with E-state index < -0.39 is 18.6 Å². The number of halogens is 3. The smallest absolute Gasteiger partial charge is 0.405 e. The molecule has 5 rings (SSSR count). The molecule has 43 heavy (non-hydrogen) atoms. The van der Waals surface area contributed by atoms with E-state index in [1.165, 1.54) is 0 Å². The Morgan fingerprint density at radius 3 is 2.40 bits per heavy atom. The van der Waals surface area contributed by atoms with Crippen molar-refractivity contribution in [2.45, 2.75) is 38.8 Å². The molecule has 1 aliphatic heterocycles. The Hall–Kier alpha value is -4.40. The van der Waals surface area contributed by atoms with Gasteiger partial charge in [0.2, 0.25) is 0 Å². The molecule has 1 aliphatic carbocycles. The topological polar surface area (TPSA) is 71.5 Å². The normalized spacial score (nSPS) is 18.3. The Labute approximate surface area is 248 Å². The number of aromatic nitrogens is 1. The molecule has 1 N–H and O–H groups in total. The van der Waals surface area contributed by atoms with Crippen molar-refractivity contribution in [3.8, 4) is 17.0 Å². The Balaban J connectivity index is 1.20. The third-order valence-corrected chi connectivity index (χ3v) is 8.33. The fraction of sp³-hybridized carbons (Fsp3) is 0.324. The van der Waals surface area contributed by atoms with E-state index in [0.717, 1.165) is 53.1 Å². The number of fused-ring (bicyclic) bond motifs is 1. The van der Waals surface area contributed by atoms with Crippen molar-refractivity contribution in [1.29, 1.82) is 0 Å². The maximum absolute atomic E-state index is 13.3. The molecule has 3 aromatic rings. The van der Waals surface area contributed by atoms with Gasteiger partial charge in [0.1, 0.15) is 12.3 Å². The SMILES string of the molecule is C=C1C=c2ccc(C(=O)NCC(F)(F)F)c(C)c2=CN1CC1CCC(C(=O)c2ccc(-c3ccc(OC)cn3)cc2)CC1. The fourth-order valence-corrected chi connectivity index (χ4v) is 5.84. The molecular weight excluding hydrogens is 555 g/mol. The summed E-state index contributed by atoms with van der Waals surface area (Å²) in [6.45, 7) is 5.27. The Morgan fingerprint density at radius 1 is 1.05 bits per heavy atom. The van der Waals surface area contributed by atoms with Gasteiger partial charge in [-0.2, -0.15) is 13.2 Å². The minimum Gasteiger partial charge on any atom is -0.495 e. The Kier molecular flexibility index (Phi) is 8.71. The quantitative estimate of drug-likeness (QED) is 0.357. The number of amides is 1. The van der Waals surface area contributed by atoms with Crippen LogP contribution in [-0.2, 0) is 0 Å². The molecule has 0 radical (unpaired) electrons. The van der Waals surface area contributed by atoms with Crippen LogP contribution < -0.4 is 20.5 Å². The number of ether oxygens (including phenoxy) is 1. The van der Waals surface area contributed by atoms with E-state index in [1.807, 2.05) is 58.9 Å². The van der Waals surface area contributed by atoms with Crippen LogP contribution in [0.25, 0.3) is 23.5 Å². The summed E-state index contributed by atoms with van der Waals surface area (Å²) in [5.74, 6) is 0.428. The van der Waals surface area contributed by atoms with Crippen LogP contribution in [-0.4, -0.2) is 47.9 Å². The highest BCUT2D eigenvalue weighted by molar-refractivity contribution is 5.98. The molecule has 1 fully saturated rings. The number of hydrogen-bond acceptors (Lipinski definition) is 5. The number of alkyl halides is 3. The van der Waals surface area contributed by atoms with Crippen LogP contribution >= 0.6 is 0 Å². The van der Waals surface area contributed by atoms with Crippen LogP contribution in [0.15, 0.2) is 67.0 Å². The van der Waals surface area contributed by atoms with Crippen LogP contribution in [0.4, 0.5) is 13.2 Å². The number of Topliss-reactive ketones (excluding diaryl/α,β-unsaturated/α-hetero) is 1. The highest BCUT2D eigenvalue weighted by Crippen LogP contribution is 2.33. The minimum absolute atomic E-state index is 0.0259. The maximum Gasteiger partial charge on any atom is 0.405 e. The van der Waals surface area contributed by atoms with E-state index in [2.05, 4.69) is 11.6 Å². The molecule has 2 aromatic carbocycles. The van der Waals surface area contributed by atoms with Crippen LogP contribution in [0.1, 0.15) is 52.0 Å². The second kappa shape index (κ2) is 12.5. The molecule has 0 saturated heterocycles. The van der Waals surface area contributed by atoms with Gasteiger partial charge >= 0.3 is 6.18 Å². The molecule has 1 amide bonds. The summed E-state index contributed by atoms with van der Waals surface area (Å²) in [5.41, 5.74) is 4.10. The summed E-state index contributed by atoms with van der Waals surface area (Å²) in [4.78, 5) is 32.2. The van der Waals surface area contributed by atoms with E-state index in [0.29, 0.717) is 29.3 Å². The molecule has 2 aliphatic rings. The predicted octanol–water partition coefficient (Wildman–Crippen LogP) is 5.39. The number of nitrogens with one attached hydrogen (secondary N) is 1. The lowest BCUT2D eigenvalue weighted by Crippen LogP contribution is -2.40. The molecule has 1 aromatic heterocycles. The van der Waals surface area contributed by atoms with Gasteiger partial charge in [-0.3, -0.25) is 14.6 Å². The number of allylic oxidation sites excluding steroid dienone is 1. The highest BCUT2D eigenvalue weighted by Gasteiger charge is 2.29. The van der Waals surface area contributed by atoms with Crippen LogP contribution in [0.5, 0.6) is 5.75 Å². The molecule has 0 spiro atoms. The van der Waals surface area contributed by atoms with Crippen molar-refractivity contribution in [3.63, 3.8) is 0 Å². The van der Waals surface area contributed by atoms with Crippen LogP contribution in [0.2, 0.25) is 0 Å². The van der Waals surface area contributed by atoms with Gasteiger partial charge < -0.3 is 15.0 Å². The summed E-state index contributed by atoms with van der Waals surface area (Å²) in [5, 5.41) is 3.62. The van der Waals surface area contributed by atoms with Gasteiger partial charge in [-0.15, -0.1) is 0 Å². The highest BCUT2D eigenvalue weighted by atomic mass is 19.4. The maximum atomic E-state index is 13.3. The number of ketones is 1. The van der Waals surface area contributed by atoms with Gasteiger partial charge in [-0.1, -0.05) is 36.9 Å². The lowest BCUT2D eigenvalue weighted by molar-refractivity contribution is -0.123. The minimum atomic E-state index is -4.48. The summed E-state index contributed by atoms with van der Waals surface area (Å²) in [7, 11) is 1.60. The van der Waals surface area contributed by atoms with E-state index in [9.17, 15) is 22.8 Å². The van der Waals surface area contributed by atoms with Gasteiger partial charge in [-0.05, 0) is 73.6 Å². The number of carbonyl (C=O) groups excluding carboxylic acids is 2. The van der Waals surface area contributed by atoms with Crippen molar-refractivity contribution >= 4 is 24.0 Å². The molecule has 2 heterocycles. The number of rotatable bonds is 8. The first-order valence-electron chi connectivity index (χ1n) is 14.3. The standard InChI is InChI=1S/C34H34F3N3O3/c1-21-16-27-12-14-29(33(42)39-20-34(35,36)37)22(2)30(27)19-40(21)18-23-4-6-25(7-5-23)32(41)26-10-8-24(9-11-26)31-15-13-28(43-3)17-38-31/h8-17,19,23,25H,1,4-7,18,20H2,2-3H3,(H,39,42). The van der Waals surface area contributed by atoms with Crippen molar-refractivity contribution < 1.29 is 27.5 Å². The first-order chi connectivity index (χ1) is 20.5. The second-order valence-corrected chi connectivity index (χ2v) is 11.2. The molecule has 9 heteroatoms. The van der Waals surface area contributed by atoms with Crippen LogP contribution in [0, 0.1) is 18.8 Å². The van der Waals surface area contributed by atoms with Gasteiger partial charge in [0.15, 0.2) is 5.78 Å². The second-order valence-electron chi connectivity index (χ2n) is 11.2. The third kappa shape index (κ3) is 6.98. The van der Waals surface area contributed by atoms with E-state index in [-0.39, 0.29) is 17.3 Å². The monoisotopic (exact) mass is 589 g/mol. The largest absolute Gasteiger partial charge is 0.495 e. The molecule has 0 unspecified atom stereocenters. The first kappa shape index (κ1) is 30.1. The summed E-state index contributed by atoms with van der Waals surface area (Å²) in [6.07, 6.45) is 4.45. The zero-order valence-electron chi connectivity index (χ0n) is 24.2. The number of nitrogens with zero attached hydrogens (tertiary/aromatic N) is 2.